The molecule has 0 saturated heterocycles. The summed E-state index contributed by atoms with van der Waals surface area (Å²) in [7, 11) is 0. The molecule has 2 rings (SSSR count). The molecule has 1 aromatic carbocycles. The lowest BCUT2D eigenvalue weighted by Gasteiger charge is -2.08. The van der Waals surface area contributed by atoms with Crippen LogP contribution < -0.4 is 11.1 Å². The third-order valence-corrected chi connectivity index (χ3v) is 2.33. The third kappa shape index (κ3) is 1.91. The number of benzene rings is 1. The fraction of sp³-hybridized carbons (Fsp3) is 0.400. The van der Waals surface area contributed by atoms with Gasteiger partial charge in [0.2, 0.25) is 0 Å². The van der Waals surface area contributed by atoms with E-state index in [-0.39, 0.29) is 11.5 Å². The van der Waals surface area contributed by atoms with Crippen LogP contribution in [0, 0.1) is 11.7 Å². The normalized spacial score (nSPS) is 15.8. The molecule has 13 heavy (non-hydrogen) atoms. The molecule has 1 saturated carbocycles. The molecule has 3 heteroatoms. The van der Waals surface area contributed by atoms with Crippen LogP contribution in [-0.2, 0) is 0 Å². The first-order valence-electron chi connectivity index (χ1n) is 4.55. The van der Waals surface area contributed by atoms with Crippen LogP contribution in [0.25, 0.3) is 0 Å². The standard InChI is InChI=1S/C10H13FN2/c11-8-2-1-3-9(10(8)12)13-6-7-4-5-7/h1-3,7,13H,4-6,12H2. The Bertz CT molecular complexity index is 308. The van der Waals surface area contributed by atoms with E-state index in [1.807, 2.05) is 0 Å². The minimum atomic E-state index is -0.346. The zero-order valence-corrected chi connectivity index (χ0v) is 7.39. The van der Waals surface area contributed by atoms with Crippen molar-refractivity contribution in [3.05, 3.63) is 24.0 Å². The molecule has 1 aromatic rings. The first-order valence-corrected chi connectivity index (χ1v) is 4.55. The summed E-state index contributed by atoms with van der Waals surface area (Å²) in [6.45, 7) is 0.910. The highest BCUT2D eigenvalue weighted by Gasteiger charge is 2.20. The van der Waals surface area contributed by atoms with Crippen LogP contribution >= 0.6 is 0 Å². The van der Waals surface area contributed by atoms with E-state index in [0.717, 1.165) is 12.5 Å². The summed E-state index contributed by atoms with van der Waals surface area (Å²) in [6.07, 6.45) is 2.56. The average Bonchev–Trinajstić information content (AvgIpc) is 2.91. The molecule has 0 amide bonds. The minimum Gasteiger partial charge on any atom is -0.395 e. The Balaban J connectivity index is 2.05. The van der Waals surface area contributed by atoms with Crippen molar-refractivity contribution in [2.45, 2.75) is 12.8 Å². The number of nitrogen functional groups attached to an aromatic ring is 1. The summed E-state index contributed by atoms with van der Waals surface area (Å²) in [5.74, 6) is 0.420. The first kappa shape index (κ1) is 8.35. The minimum absolute atomic E-state index is 0.225. The van der Waals surface area contributed by atoms with E-state index in [0.29, 0.717) is 5.69 Å². The van der Waals surface area contributed by atoms with Gasteiger partial charge in [-0.2, -0.15) is 0 Å². The number of para-hydroxylation sites is 1. The van der Waals surface area contributed by atoms with E-state index >= 15 is 0 Å². The quantitative estimate of drug-likeness (QED) is 0.700. The zero-order chi connectivity index (χ0) is 9.26. The smallest absolute Gasteiger partial charge is 0.148 e. The summed E-state index contributed by atoms with van der Waals surface area (Å²) in [4.78, 5) is 0. The molecule has 2 nitrogen and oxygen atoms in total. The highest BCUT2D eigenvalue weighted by Crippen LogP contribution is 2.30. The predicted octanol–water partition coefficient (Wildman–Crippen LogP) is 2.23. The summed E-state index contributed by atoms with van der Waals surface area (Å²) in [5.41, 5.74) is 6.49. The number of nitrogens with one attached hydrogen (secondary N) is 1. The monoisotopic (exact) mass is 180 g/mol. The van der Waals surface area contributed by atoms with E-state index in [4.69, 9.17) is 5.73 Å². The zero-order valence-electron chi connectivity index (χ0n) is 7.39. The maximum Gasteiger partial charge on any atom is 0.148 e. The summed E-state index contributed by atoms with van der Waals surface area (Å²) < 4.78 is 13.0. The Morgan fingerprint density at radius 1 is 1.46 bits per heavy atom. The molecule has 1 fully saturated rings. The van der Waals surface area contributed by atoms with Gasteiger partial charge >= 0.3 is 0 Å². The van der Waals surface area contributed by atoms with Crippen molar-refractivity contribution in [2.24, 2.45) is 5.92 Å². The van der Waals surface area contributed by atoms with Gasteiger partial charge in [0.05, 0.1) is 11.4 Å². The molecule has 0 aromatic heterocycles. The average molecular weight is 180 g/mol. The summed E-state index contributed by atoms with van der Waals surface area (Å²) >= 11 is 0. The van der Waals surface area contributed by atoms with E-state index in [9.17, 15) is 4.39 Å². The van der Waals surface area contributed by atoms with E-state index in [1.165, 1.54) is 18.9 Å². The second-order valence-electron chi connectivity index (χ2n) is 3.53. The molecule has 70 valence electrons. The van der Waals surface area contributed by atoms with E-state index < -0.39 is 0 Å². The number of halogens is 1. The fourth-order valence-electron chi connectivity index (χ4n) is 1.27. The molecule has 0 aliphatic heterocycles. The van der Waals surface area contributed by atoms with Crippen molar-refractivity contribution < 1.29 is 4.39 Å². The number of hydrogen-bond donors (Lipinski definition) is 2. The molecule has 0 unspecified atom stereocenters. The van der Waals surface area contributed by atoms with Crippen molar-refractivity contribution in [1.29, 1.82) is 0 Å². The van der Waals surface area contributed by atoms with Gasteiger partial charge in [-0.05, 0) is 30.9 Å². The molecular weight excluding hydrogens is 167 g/mol. The third-order valence-electron chi connectivity index (χ3n) is 2.33. The summed E-state index contributed by atoms with van der Waals surface area (Å²) in [6, 6.07) is 4.85. The van der Waals surface area contributed by atoms with Crippen LogP contribution in [0.1, 0.15) is 12.8 Å². The van der Waals surface area contributed by atoms with Gasteiger partial charge < -0.3 is 11.1 Å². The molecule has 0 atom stereocenters. The second kappa shape index (κ2) is 3.24. The second-order valence-corrected chi connectivity index (χ2v) is 3.53. The number of rotatable bonds is 3. The van der Waals surface area contributed by atoms with Gasteiger partial charge in [-0.25, -0.2) is 4.39 Å². The Morgan fingerprint density at radius 3 is 2.92 bits per heavy atom. The van der Waals surface area contributed by atoms with Gasteiger partial charge in [-0.15, -0.1) is 0 Å². The van der Waals surface area contributed by atoms with Crippen molar-refractivity contribution in [3.8, 4) is 0 Å². The number of hydrogen-bond acceptors (Lipinski definition) is 2. The van der Waals surface area contributed by atoms with Crippen LogP contribution in [0.15, 0.2) is 18.2 Å². The van der Waals surface area contributed by atoms with Crippen LogP contribution in [0.2, 0.25) is 0 Å². The van der Waals surface area contributed by atoms with Gasteiger partial charge in [0, 0.05) is 6.54 Å². The Labute approximate surface area is 76.9 Å². The molecule has 1 aliphatic rings. The highest BCUT2D eigenvalue weighted by molar-refractivity contribution is 5.66. The Kier molecular flexibility index (Phi) is 2.08. The molecule has 0 heterocycles. The molecule has 0 radical (unpaired) electrons. The van der Waals surface area contributed by atoms with Gasteiger partial charge in [-0.3, -0.25) is 0 Å². The molecule has 1 aliphatic carbocycles. The maximum absolute atomic E-state index is 13.0. The van der Waals surface area contributed by atoms with E-state index in [1.54, 1.807) is 12.1 Å². The van der Waals surface area contributed by atoms with Gasteiger partial charge in [-0.1, -0.05) is 6.07 Å². The van der Waals surface area contributed by atoms with Crippen LogP contribution in [0.4, 0.5) is 15.8 Å². The van der Waals surface area contributed by atoms with E-state index in [2.05, 4.69) is 5.32 Å². The highest BCUT2D eigenvalue weighted by atomic mass is 19.1. The Morgan fingerprint density at radius 2 is 2.23 bits per heavy atom. The lowest BCUT2D eigenvalue weighted by atomic mass is 10.2. The Hall–Kier alpha value is -1.25. The predicted molar refractivity (Wildman–Crippen MR) is 52.0 cm³/mol. The van der Waals surface area contributed by atoms with Crippen molar-refractivity contribution >= 4 is 11.4 Å². The topological polar surface area (TPSA) is 38.0 Å². The van der Waals surface area contributed by atoms with Crippen LogP contribution in [0.3, 0.4) is 0 Å². The largest absolute Gasteiger partial charge is 0.395 e. The van der Waals surface area contributed by atoms with Crippen LogP contribution in [-0.4, -0.2) is 6.54 Å². The fourth-order valence-corrected chi connectivity index (χ4v) is 1.27. The van der Waals surface area contributed by atoms with Gasteiger partial charge in [0.25, 0.3) is 0 Å². The first-order chi connectivity index (χ1) is 6.27. The number of nitrogens with two attached hydrogens (primary N) is 1. The molecule has 0 spiro atoms. The van der Waals surface area contributed by atoms with Crippen molar-refractivity contribution in [3.63, 3.8) is 0 Å². The van der Waals surface area contributed by atoms with Crippen molar-refractivity contribution in [2.75, 3.05) is 17.6 Å². The molecule has 0 bridgehead atoms. The van der Waals surface area contributed by atoms with Crippen molar-refractivity contribution in [1.82, 2.24) is 0 Å². The molecular formula is C10H13FN2. The number of anilines is 2. The lowest BCUT2D eigenvalue weighted by molar-refractivity contribution is 0.633. The molecule has 3 N–H and O–H groups in total. The van der Waals surface area contributed by atoms with Crippen LogP contribution in [0.5, 0.6) is 0 Å². The lowest BCUT2D eigenvalue weighted by Crippen LogP contribution is -2.06. The van der Waals surface area contributed by atoms with Gasteiger partial charge in [0.1, 0.15) is 5.82 Å². The maximum atomic E-state index is 13.0. The SMILES string of the molecule is Nc1c(F)cccc1NCC1CC1. The summed E-state index contributed by atoms with van der Waals surface area (Å²) in [5, 5.41) is 3.15. The van der Waals surface area contributed by atoms with Gasteiger partial charge in [0.15, 0.2) is 0 Å².